The van der Waals surface area contributed by atoms with Gasteiger partial charge in [-0.05, 0) is 72.8 Å². The molecule has 3 heterocycles. The predicted octanol–water partition coefficient (Wildman–Crippen LogP) is 10.9. The highest BCUT2D eigenvalue weighted by Crippen LogP contribution is 2.42. The fraction of sp³-hybridized carbons (Fsp3) is 0. The first kappa shape index (κ1) is 21.5. The molecule has 0 bridgehead atoms. The van der Waals surface area contributed by atoms with Crippen molar-refractivity contribution in [3.8, 4) is 0 Å². The maximum Gasteiger partial charge on any atom is 0.135 e. The van der Waals surface area contributed by atoms with Gasteiger partial charge in [0.15, 0.2) is 0 Å². The monoisotopic (exact) mass is 515 g/mol. The van der Waals surface area contributed by atoms with Gasteiger partial charge >= 0.3 is 0 Å². The molecule has 6 aromatic carbocycles. The van der Waals surface area contributed by atoms with Gasteiger partial charge in [0, 0.05) is 49.4 Å². The minimum absolute atomic E-state index is 0.873. The van der Waals surface area contributed by atoms with E-state index in [1.165, 1.54) is 0 Å². The van der Waals surface area contributed by atoms with Crippen LogP contribution in [-0.2, 0) is 0 Å². The van der Waals surface area contributed by atoms with E-state index in [4.69, 9.17) is 13.3 Å². The van der Waals surface area contributed by atoms with E-state index >= 15 is 0 Å². The molecular weight excluding hydrogens is 494 g/mol. The molecule has 0 atom stereocenters. The van der Waals surface area contributed by atoms with Crippen LogP contribution in [0.4, 0.5) is 17.1 Å². The van der Waals surface area contributed by atoms with Crippen molar-refractivity contribution in [2.24, 2.45) is 0 Å². The van der Waals surface area contributed by atoms with Crippen LogP contribution in [0.15, 0.2) is 141 Å². The molecule has 4 heteroatoms. The molecule has 0 aliphatic carbocycles. The summed E-state index contributed by atoms with van der Waals surface area (Å²) >= 11 is 0. The Bertz CT molecular complexity index is 2130. The van der Waals surface area contributed by atoms with E-state index in [1.54, 1.807) is 0 Å². The zero-order valence-electron chi connectivity index (χ0n) is 21.3. The Morgan fingerprint density at radius 2 is 0.600 bits per heavy atom. The summed E-state index contributed by atoms with van der Waals surface area (Å²) in [5, 5.41) is 6.57. The Balaban J connectivity index is 1.32. The van der Waals surface area contributed by atoms with Crippen LogP contribution in [0.3, 0.4) is 0 Å². The molecule has 9 rings (SSSR count). The summed E-state index contributed by atoms with van der Waals surface area (Å²) in [7, 11) is 0. The topological polar surface area (TPSA) is 42.7 Å². The minimum Gasteiger partial charge on any atom is -0.456 e. The van der Waals surface area contributed by atoms with Gasteiger partial charge in [0.05, 0.1) is 0 Å². The first-order valence-corrected chi connectivity index (χ1v) is 13.3. The molecule has 0 radical (unpaired) electrons. The quantitative estimate of drug-likeness (QED) is 0.235. The molecule has 3 aromatic heterocycles. The van der Waals surface area contributed by atoms with Gasteiger partial charge in [0.25, 0.3) is 0 Å². The van der Waals surface area contributed by atoms with Crippen molar-refractivity contribution < 1.29 is 13.3 Å². The number of hydrogen-bond donors (Lipinski definition) is 0. The Kier molecular flexibility index (Phi) is 4.30. The molecule has 4 nitrogen and oxygen atoms in total. The number of anilines is 3. The van der Waals surface area contributed by atoms with Crippen molar-refractivity contribution in [3.05, 3.63) is 127 Å². The zero-order valence-corrected chi connectivity index (χ0v) is 21.3. The first-order chi connectivity index (χ1) is 19.8. The van der Waals surface area contributed by atoms with Gasteiger partial charge in [0.1, 0.15) is 33.5 Å². The number of rotatable bonds is 3. The van der Waals surface area contributed by atoms with Crippen LogP contribution in [0.25, 0.3) is 65.8 Å². The number of fused-ring (bicyclic) bond motifs is 9. The van der Waals surface area contributed by atoms with E-state index in [9.17, 15) is 0 Å². The van der Waals surface area contributed by atoms with Crippen LogP contribution < -0.4 is 4.90 Å². The fourth-order valence-corrected chi connectivity index (χ4v) is 6.01. The van der Waals surface area contributed by atoms with Crippen LogP contribution in [0, 0.1) is 0 Å². The molecule has 0 saturated heterocycles. The summed E-state index contributed by atoms with van der Waals surface area (Å²) in [5.41, 5.74) is 8.40. The second-order valence-corrected chi connectivity index (χ2v) is 10.2. The summed E-state index contributed by atoms with van der Waals surface area (Å²) in [6, 6.07) is 43.8. The lowest BCUT2D eigenvalue weighted by Crippen LogP contribution is -2.09. The number of benzene rings is 6. The average molecular weight is 516 g/mol. The largest absolute Gasteiger partial charge is 0.456 e. The Morgan fingerprint density at radius 1 is 0.300 bits per heavy atom. The van der Waals surface area contributed by atoms with E-state index < -0.39 is 0 Å². The summed E-state index contributed by atoms with van der Waals surface area (Å²) in [5.74, 6) is 0. The maximum absolute atomic E-state index is 6.15. The van der Waals surface area contributed by atoms with Crippen molar-refractivity contribution >= 4 is 82.9 Å². The van der Waals surface area contributed by atoms with E-state index in [0.717, 1.165) is 82.9 Å². The molecule has 0 aliphatic rings. The van der Waals surface area contributed by atoms with Gasteiger partial charge < -0.3 is 18.2 Å². The van der Waals surface area contributed by atoms with Crippen molar-refractivity contribution in [3.63, 3.8) is 0 Å². The molecule has 40 heavy (non-hydrogen) atoms. The van der Waals surface area contributed by atoms with Gasteiger partial charge in [-0.25, -0.2) is 0 Å². The SMILES string of the molecule is c1ccc2c(c1)oc1ccc(N(c3ccc4oc5ccccc5c4c3)c3ccc4oc5ccccc5c4c3)cc12. The highest BCUT2D eigenvalue weighted by Gasteiger charge is 2.19. The van der Waals surface area contributed by atoms with Crippen LogP contribution in [0.5, 0.6) is 0 Å². The van der Waals surface area contributed by atoms with Crippen LogP contribution in [0.1, 0.15) is 0 Å². The third kappa shape index (κ3) is 3.07. The Labute approximate surface area is 228 Å². The fourth-order valence-electron chi connectivity index (χ4n) is 6.01. The van der Waals surface area contributed by atoms with Crippen LogP contribution in [0.2, 0.25) is 0 Å². The second-order valence-electron chi connectivity index (χ2n) is 10.2. The molecule has 0 fully saturated rings. The Morgan fingerprint density at radius 3 is 0.950 bits per heavy atom. The van der Waals surface area contributed by atoms with Gasteiger partial charge in [-0.15, -0.1) is 0 Å². The maximum atomic E-state index is 6.15. The lowest BCUT2D eigenvalue weighted by Gasteiger charge is -2.25. The third-order valence-electron chi connectivity index (χ3n) is 7.86. The summed E-state index contributed by atoms with van der Waals surface area (Å²) < 4.78 is 18.4. The van der Waals surface area contributed by atoms with Gasteiger partial charge in [-0.3, -0.25) is 0 Å². The van der Waals surface area contributed by atoms with Crippen LogP contribution >= 0.6 is 0 Å². The number of para-hydroxylation sites is 3. The zero-order chi connectivity index (χ0) is 26.2. The number of nitrogens with zero attached hydrogens (tertiary/aromatic N) is 1. The van der Waals surface area contributed by atoms with E-state index in [0.29, 0.717) is 0 Å². The summed E-state index contributed by atoms with van der Waals surface area (Å²) in [6.07, 6.45) is 0. The standard InChI is InChI=1S/C36H21NO3/c1-4-10-31-25(7-1)28-19-22(13-16-34(28)38-31)37(23-14-17-35-29(20-23)26-8-2-5-11-32(26)39-35)24-15-18-36-30(21-24)27-9-3-6-12-33(27)40-36/h1-21H. The molecule has 0 N–H and O–H groups in total. The normalized spacial score (nSPS) is 12.0. The highest BCUT2D eigenvalue weighted by molar-refractivity contribution is 6.10. The number of hydrogen-bond acceptors (Lipinski definition) is 4. The number of furan rings is 3. The summed E-state index contributed by atoms with van der Waals surface area (Å²) in [4.78, 5) is 2.30. The van der Waals surface area contributed by atoms with E-state index in [2.05, 4.69) is 95.9 Å². The first-order valence-electron chi connectivity index (χ1n) is 13.3. The minimum atomic E-state index is 0.873. The molecule has 188 valence electrons. The second kappa shape index (κ2) is 8.01. The molecule has 0 aliphatic heterocycles. The third-order valence-corrected chi connectivity index (χ3v) is 7.86. The van der Waals surface area contributed by atoms with Gasteiger partial charge in [-0.2, -0.15) is 0 Å². The molecular formula is C36H21NO3. The molecule has 0 amide bonds. The predicted molar refractivity (Wildman–Crippen MR) is 163 cm³/mol. The molecule has 0 spiro atoms. The van der Waals surface area contributed by atoms with Gasteiger partial charge in [0.2, 0.25) is 0 Å². The molecule has 9 aromatic rings. The Hall–Kier alpha value is -5.48. The lowest BCUT2D eigenvalue weighted by atomic mass is 10.1. The average Bonchev–Trinajstić information content (AvgIpc) is 3.68. The van der Waals surface area contributed by atoms with Crippen molar-refractivity contribution in [2.45, 2.75) is 0 Å². The lowest BCUT2D eigenvalue weighted by molar-refractivity contribution is 0.668. The van der Waals surface area contributed by atoms with E-state index in [-0.39, 0.29) is 0 Å². The van der Waals surface area contributed by atoms with Crippen LogP contribution in [-0.4, -0.2) is 0 Å². The van der Waals surface area contributed by atoms with E-state index in [1.807, 2.05) is 36.4 Å². The molecule has 0 unspecified atom stereocenters. The smallest absolute Gasteiger partial charge is 0.135 e. The van der Waals surface area contributed by atoms with Gasteiger partial charge in [-0.1, -0.05) is 54.6 Å². The summed E-state index contributed by atoms with van der Waals surface area (Å²) in [6.45, 7) is 0. The van der Waals surface area contributed by atoms with Crippen molar-refractivity contribution in [1.82, 2.24) is 0 Å². The molecule has 0 saturated carbocycles. The highest BCUT2D eigenvalue weighted by atomic mass is 16.3. The van der Waals surface area contributed by atoms with Crippen molar-refractivity contribution in [1.29, 1.82) is 0 Å². The van der Waals surface area contributed by atoms with Crippen molar-refractivity contribution in [2.75, 3.05) is 4.90 Å².